The molecule has 0 amide bonds. The molecule has 1 heterocycles. The summed E-state index contributed by atoms with van der Waals surface area (Å²) in [6, 6.07) is 9.49. The lowest BCUT2D eigenvalue weighted by Crippen LogP contribution is -2.39. The predicted molar refractivity (Wildman–Crippen MR) is 94.9 cm³/mol. The maximum atomic E-state index is 12.0. The molecule has 2 aromatic rings. The summed E-state index contributed by atoms with van der Waals surface area (Å²) in [5.74, 6) is 1.19. The quantitative estimate of drug-likeness (QED) is 0.829. The summed E-state index contributed by atoms with van der Waals surface area (Å²) >= 11 is 0. The zero-order valence-corrected chi connectivity index (χ0v) is 15.0. The van der Waals surface area contributed by atoms with Crippen LogP contribution >= 0.6 is 0 Å². The van der Waals surface area contributed by atoms with Crippen LogP contribution in [0.2, 0.25) is 0 Å². The topological polar surface area (TPSA) is 66.8 Å². The van der Waals surface area contributed by atoms with Crippen molar-refractivity contribution < 1.29 is 17.7 Å². The zero-order chi connectivity index (χ0) is 17.6. The van der Waals surface area contributed by atoms with Gasteiger partial charge in [-0.2, -0.15) is 8.42 Å². The van der Waals surface area contributed by atoms with Crippen molar-refractivity contribution in [1.82, 2.24) is 0 Å². The Bertz CT molecular complexity index is 905. The Hall–Kier alpha value is -2.05. The molecule has 0 saturated heterocycles. The molecule has 1 N–H and O–H groups in total. The number of aryl methyl sites for hydroxylation is 3. The smallest absolute Gasteiger partial charge is 0.286 e. The maximum Gasteiger partial charge on any atom is 0.286 e. The van der Waals surface area contributed by atoms with Crippen molar-refractivity contribution >= 4 is 21.5 Å². The fourth-order valence-corrected chi connectivity index (χ4v) is 4.18. The van der Waals surface area contributed by atoms with E-state index in [-0.39, 0.29) is 6.42 Å². The van der Waals surface area contributed by atoms with E-state index < -0.39 is 15.5 Å². The van der Waals surface area contributed by atoms with Crippen LogP contribution in [-0.2, 0) is 10.1 Å². The molecule has 1 aliphatic heterocycles. The van der Waals surface area contributed by atoms with E-state index in [1.54, 1.807) is 11.8 Å². The number of hydrogen-bond acceptors (Lipinski definition) is 4. The van der Waals surface area contributed by atoms with E-state index >= 15 is 0 Å². The molecule has 5 nitrogen and oxygen atoms in total. The van der Waals surface area contributed by atoms with Crippen molar-refractivity contribution in [2.45, 2.75) is 39.5 Å². The van der Waals surface area contributed by atoms with E-state index in [2.05, 4.69) is 0 Å². The fourth-order valence-electron chi connectivity index (χ4n) is 3.27. The lowest BCUT2D eigenvalue weighted by molar-refractivity contribution is 0.451. The molecular formula is C18H21NO4S. The third kappa shape index (κ3) is 2.76. The molecule has 0 aromatic heterocycles. The maximum absolute atomic E-state index is 12.0. The van der Waals surface area contributed by atoms with Gasteiger partial charge in [-0.1, -0.05) is 19.1 Å². The first-order valence-electron chi connectivity index (χ1n) is 7.87. The second-order valence-corrected chi connectivity index (χ2v) is 7.82. The van der Waals surface area contributed by atoms with Crippen molar-refractivity contribution in [1.29, 1.82) is 0 Å². The summed E-state index contributed by atoms with van der Waals surface area (Å²) in [4.78, 5) is 1.69. The molecular weight excluding hydrogens is 326 g/mol. The Morgan fingerprint density at radius 3 is 2.42 bits per heavy atom. The minimum atomic E-state index is -4.27. The molecule has 24 heavy (non-hydrogen) atoms. The lowest BCUT2D eigenvalue weighted by atomic mass is 10.0. The second-order valence-electron chi connectivity index (χ2n) is 6.25. The first kappa shape index (κ1) is 16.8. The van der Waals surface area contributed by atoms with Gasteiger partial charge in [0.15, 0.2) is 16.9 Å². The number of benzene rings is 2. The fraction of sp³-hybridized carbons (Fsp3) is 0.333. The highest BCUT2D eigenvalue weighted by molar-refractivity contribution is 7.86. The van der Waals surface area contributed by atoms with Gasteiger partial charge in [0, 0.05) is 0 Å². The normalized spacial score (nSPS) is 14.6. The number of ether oxygens (including phenoxy) is 1. The molecule has 2 aromatic carbocycles. The minimum absolute atomic E-state index is 0.249. The molecule has 0 fully saturated rings. The Balaban J connectivity index is 2.33. The van der Waals surface area contributed by atoms with Gasteiger partial charge in [-0.15, -0.1) is 0 Å². The Labute approximate surface area is 142 Å². The lowest BCUT2D eigenvalue weighted by Gasteiger charge is -2.38. The van der Waals surface area contributed by atoms with Crippen LogP contribution in [0.15, 0.2) is 30.3 Å². The monoisotopic (exact) mass is 347 g/mol. The molecule has 3 rings (SSSR count). The summed E-state index contributed by atoms with van der Waals surface area (Å²) < 4.78 is 39.8. The van der Waals surface area contributed by atoms with Crippen molar-refractivity contribution in [3.05, 3.63) is 47.0 Å². The van der Waals surface area contributed by atoms with Crippen LogP contribution in [0.4, 0.5) is 11.4 Å². The summed E-state index contributed by atoms with van der Waals surface area (Å²) in [5.41, 5.74) is 4.25. The van der Waals surface area contributed by atoms with Crippen molar-refractivity contribution in [2.24, 2.45) is 0 Å². The molecule has 128 valence electrons. The molecule has 0 saturated carbocycles. The predicted octanol–water partition coefficient (Wildman–Crippen LogP) is 4.48. The number of anilines is 2. The van der Waals surface area contributed by atoms with Gasteiger partial charge in [0.1, 0.15) is 0 Å². The zero-order valence-electron chi connectivity index (χ0n) is 14.2. The Kier molecular flexibility index (Phi) is 4.05. The average molecular weight is 347 g/mol. The van der Waals surface area contributed by atoms with Gasteiger partial charge in [0.25, 0.3) is 10.1 Å². The van der Waals surface area contributed by atoms with Crippen LogP contribution in [0.1, 0.15) is 30.0 Å². The highest BCUT2D eigenvalue weighted by atomic mass is 32.2. The van der Waals surface area contributed by atoms with Crippen LogP contribution in [0.3, 0.4) is 0 Å². The molecule has 0 bridgehead atoms. The minimum Gasteiger partial charge on any atom is -0.453 e. The van der Waals surface area contributed by atoms with Gasteiger partial charge in [0.05, 0.1) is 11.4 Å². The van der Waals surface area contributed by atoms with E-state index in [9.17, 15) is 13.0 Å². The SMILES string of the molecule is CCC(N1c2cc(C)ccc2Oc2cc(C)cc(C)c21)S(=O)(=O)O. The van der Waals surface area contributed by atoms with Gasteiger partial charge in [-0.3, -0.25) is 4.55 Å². The van der Waals surface area contributed by atoms with E-state index in [4.69, 9.17) is 4.74 Å². The Morgan fingerprint density at radius 2 is 1.79 bits per heavy atom. The van der Waals surface area contributed by atoms with Crippen LogP contribution in [0, 0.1) is 20.8 Å². The van der Waals surface area contributed by atoms with Crippen molar-refractivity contribution in [2.75, 3.05) is 4.90 Å². The number of fused-ring (bicyclic) bond motifs is 2. The van der Waals surface area contributed by atoms with Crippen LogP contribution in [0.25, 0.3) is 0 Å². The summed E-state index contributed by atoms with van der Waals surface area (Å²) in [6.07, 6.45) is 0.249. The van der Waals surface area contributed by atoms with Crippen molar-refractivity contribution in [3.63, 3.8) is 0 Å². The van der Waals surface area contributed by atoms with E-state index in [1.165, 1.54) is 0 Å². The first-order valence-corrected chi connectivity index (χ1v) is 9.38. The van der Waals surface area contributed by atoms with Gasteiger partial charge in [0.2, 0.25) is 0 Å². The first-order chi connectivity index (χ1) is 11.2. The van der Waals surface area contributed by atoms with E-state index in [0.29, 0.717) is 22.9 Å². The van der Waals surface area contributed by atoms with Gasteiger partial charge < -0.3 is 9.64 Å². The van der Waals surface area contributed by atoms with Crippen LogP contribution in [0.5, 0.6) is 11.5 Å². The number of rotatable bonds is 3. The van der Waals surface area contributed by atoms with Crippen molar-refractivity contribution in [3.8, 4) is 11.5 Å². The third-order valence-corrected chi connectivity index (χ3v) is 5.46. The summed E-state index contributed by atoms with van der Waals surface area (Å²) in [6.45, 7) is 7.56. The average Bonchev–Trinajstić information content (AvgIpc) is 2.46. The molecule has 1 atom stereocenters. The summed E-state index contributed by atoms with van der Waals surface area (Å²) in [5, 5.41) is -1.07. The van der Waals surface area contributed by atoms with Gasteiger partial charge >= 0.3 is 0 Å². The highest BCUT2D eigenvalue weighted by Gasteiger charge is 2.37. The van der Waals surface area contributed by atoms with E-state index in [1.807, 2.05) is 51.1 Å². The molecule has 1 unspecified atom stereocenters. The number of hydrogen-bond donors (Lipinski definition) is 1. The largest absolute Gasteiger partial charge is 0.453 e. The highest BCUT2D eigenvalue weighted by Crippen LogP contribution is 2.50. The van der Waals surface area contributed by atoms with Crippen LogP contribution < -0.4 is 9.64 Å². The molecule has 0 aliphatic carbocycles. The standard InChI is InChI=1S/C18H21NO4S/c1-5-17(24(20,21)22)19-14-9-11(2)6-7-15(14)23-16-10-12(3)8-13(4)18(16)19/h6-10,17H,5H2,1-4H3,(H,20,21,22). The molecule has 0 radical (unpaired) electrons. The molecule has 1 aliphatic rings. The van der Waals surface area contributed by atoms with Gasteiger partial charge in [-0.05, 0) is 62.1 Å². The molecule has 6 heteroatoms. The number of nitrogens with zero attached hydrogens (tertiary/aromatic N) is 1. The molecule has 0 spiro atoms. The second kappa shape index (κ2) is 5.79. The van der Waals surface area contributed by atoms with Crippen LogP contribution in [-0.4, -0.2) is 18.3 Å². The third-order valence-electron chi connectivity index (χ3n) is 4.23. The summed E-state index contributed by atoms with van der Waals surface area (Å²) in [7, 11) is -4.27. The Morgan fingerprint density at radius 1 is 1.08 bits per heavy atom. The van der Waals surface area contributed by atoms with E-state index in [0.717, 1.165) is 16.7 Å². The van der Waals surface area contributed by atoms with Gasteiger partial charge in [-0.25, -0.2) is 0 Å².